The van der Waals surface area contributed by atoms with Gasteiger partial charge in [0.25, 0.3) is 0 Å². The van der Waals surface area contributed by atoms with E-state index >= 15 is 0 Å². The summed E-state index contributed by atoms with van der Waals surface area (Å²) in [4.78, 5) is 11.2. The Morgan fingerprint density at radius 2 is 2.00 bits per heavy atom. The third kappa shape index (κ3) is 8.38. The van der Waals surface area contributed by atoms with E-state index < -0.39 is 0 Å². The molecule has 4 heteroatoms. The van der Waals surface area contributed by atoms with Gasteiger partial charge in [0.2, 0.25) is 5.91 Å². The standard InChI is InChI=1S/C13H26N2O.BrH/c1-6-11(13(4,5)14)8-7-9-15-12(16)10(2)3;/h11H,2,6-9,14H2,1,3-5H3,(H,15,16);1H. The first-order valence-corrected chi connectivity index (χ1v) is 6.01. The van der Waals surface area contributed by atoms with Crippen LogP contribution in [-0.4, -0.2) is 18.0 Å². The molecular formula is C13H27BrN2O. The molecule has 0 saturated heterocycles. The van der Waals surface area contributed by atoms with Crippen molar-refractivity contribution in [3.05, 3.63) is 12.2 Å². The van der Waals surface area contributed by atoms with Crippen molar-refractivity contribution in [2.75, 3.05) is 6.54 Å². The van der Waals surface area contributed by atoms with Crippen LogP contribution in [0.3, 0.4) is 0 Å². The van der Waals surface area contributed by atoms with Crippen LogP contribution in [0.1, 0.15) is 47.0 Å². The fourth-order valence-electron chi connectivity index (χ4n) is 1.80. The van der Waals surface area contributed by atoms with E-state index in [9.17, 15) is 4.79 Å². The fraction of sp³-hybridized carbons (Fsp3) is 0.769. The minimum absolute atomic E-state index is 0. The summed E-state index contributed by atoms with van der Waals surface area (Å²) in [6.07, 6.45) is 3.10. The van der Waals surface area contributed by atoms with Gasteiger partial charge in [-0.25, -0.2) is 0 Å². The Morgan fingerprint density at radius 3 is 2.35 bits per heavy atom. The summed E-state index contributed by atoms with van der Waals surface area (Å²) in [6, 6.07) is 0. The number of carbonyl (C=O) groups is 1. The van der Waals surface area contributed by atoms with Crippen LogP contribution < -0.4 is 11.1 Å². The van der Waals surface area contributed by atoms with Crippen LogP contribution in [-0.2, 0) is 4.79 Å². The van der Waals surface area contributed by atoms with Crippen LogP contribution in [0.4, 0.5) is 0 Å². The summed E-state index contributed by atoms with van der Waals surface area (Å²) in [5.74, 6) is 0.453. The van der Waals surface area contributed by atoms with Crippen molar-refractivity contribution in [2.45, 2.75) is 52.5 Å². The number of nitrogens with two attached hydrogens (primary N) is 1. The van der Waals surface area contributed by atoms with Crippen LogP contribution in [0, 0.1) is 5.92 Å². The average Bonchev–Trinajstić information content (AvgIpc) is 2.15. The van der Waals surface area contributed by atoms with Crippen molar-refractivity contribution < 1.29 is 4.79 Å². The van der Waals surface area contributed by atoms with Crippen molar-refractivity contribution in [3.8, 4) is 0 Å². The lowest BCUT2D eigenvalue weighted by molar-refractivity contribution is -0.117. The lowest BCUT2D eigenvalue weighted by Gasteiger charge is -2.29. The number of carbonyl (C=O) groups excluding carboxylic acids is 1. The molecule has 0 aliphatic carbocycles. The summed E-state index contributed by atoms with van der Waals surface area (Å²) < 4.78 is 0. The zero-order chi connectivity index (χ0) is 12.8. The number of hydrogen-bond donors (Lipinski definition) is 2. The molecule has 3 nitrogen and oxygen atoms in total. The Balaban J connectivity index is 0. The van der Waals surface area contributed by atoms with E-state index in [1.807, 2.05) is 0 Å². The lowest BCUT2D eigenvalue weighted by atomic mass is 9.83. The maximum Gasteiger partial charge on any atom is 0.246 e. The maximum atomic E-state index is 11.2. The molecule has 3 N–H and O–H groups in total. The number of hydrogen-bond acceptors (Lipinski definition) is 2. The molecule has 0 aromatic carbocycles. The summed E-state index contributed by atoms with van der Waals surface area (Å²) in [5, 5.41) is 2.83. The zero-order valence-corrected chi connectivity index (χ0v) is 13.2. The highest BCUT2D eigenvalue weighted by Gasteiger charge is 2.22. The Morgan fingerprint density at radius 1 is 1.47 bits per heavy atom. The summed E-state index contributed by atoms with van der Waals surface area (Å²) in [7, 11) is 0. The second-order valence-electron chi connectivity index (χ2n) is 5.10. The van der Waals surface area contributed by atoms with Gasteiger partial charge in [0, 0.05) is 17.7 Å². The molecule has 0 aromatic rings. The van der Waals surface area contributed by atoms with Crippen LogP contribution in [0.5, 0.6) is 0 Å². The summed E-state index contributed by atoms with van der Waals surface area (Å²) >= 11 is 0. The van der Waals surface area contributed by atoms with Crippen molar-refractivity contribution in [1.82, 2.24) is 5.32 Å². The molecule has 0 aromatic heterocycles. The third-order valence-electron chi connectivity index (χ3n) is 2.95. The normalized spacial score (nSPS) is 12.5. The van der Waals surface area contributed by atoms with Gasteiger partial charge in [-0.15, -0.1) is 17.0 Å². The number of rotatable bonds is 7. The Labute approximate surface area is 116 Å². The largest absolute Gasteiger partial charge is 0.352 e. The molecule has 0 radical (unpaired) electrons. The van der Waals surface area contributed by atoms with Crippen molar-refractivity contribution in [2.24, 2.45) is 11.7 Å². The first-order chi connectivity index (χ1) is 7.29. The predicted octanol–water partition coefficient (Wildman–Crippen LogP) is 2.80. The summed E-state index contributed by atoms with van der Waals surface area (Å²) in [6.45, 7) is 12.3. The van der Waals surface area contributed by atoms with Gasteiger partial charge >= 0.3 is 0 Å². The minimum atomic E-state index is -0.132. The molecule has 0 fully saturated rings. The molecule has 1 unspecified atom stereocenters. The Kier molecular flexibility index (Phi) is 9.72. The van der Waals surface area contributed by atoms with Crippen molar-refractivity contribution in [1.29, 1.82) is 0 Å². The molecule has 0 saturated carbocycles. The average molecular weight is 307 g/mol. The van der Waals surface area contributed by atoms with Gasteiger partial charge in [-0.1, -0.05) is 19.9 Å². The van der Waals surface area contributed by atoms with Crippen LogP contribution in [0.25, 0.3) is 0 Å². The number of nitrogens with one attached hydrogen (secondary N) is 1. The molecular weight excluding hydrogens is 280 g/mol. The van der Waals surface area contributed by atoms with E-state index in [2.05, 4.69) is 32.7 Å². The molecule has 1 atom stereocenters. The van der Waals surface area contributed by atoms with Crippen LogP contribution >= 0.6 is 17.0 Å². The van der Waals surface area contributed by atoms with Gasteiger partial charge in [-0.2, -0.15) is 0 Å². The molecule has 0 rings (SSSR count). The van der Waals surface area contributed by atoms with Gasteiger partial charge in [-0.3, -0.25) is 4.79 Å². The van der Waals surface area contributed by atoms with E-state index in [1.54, 1.807) is 6.92 Å². The van der Waals surface area contributed by atoms with E-state index in [-0.39, 0.29) is 28.4 Å². The smallest absolute Gasteiger partial charge is 0.246 e. The zero-order valence-electron chi connectivity index (χ0n) is 11.5. The predicted molar refractivity (Wildman–Crippen MR) is 79.4 cm³/mol. The van der Waals surface area contributed by atoms with E-state index in [0.29, 0.717) is 18.0 Å². The molecule has 17 heavy (non-hydrogen) atoms. The van der Waals surface area contributed by atoms with Gasteiger partial charge in [0.15, 0.2) is 0 Å². The molecule has 0 spiro atoms. The van der Waals surface area contributed by atoms with Crippen molar-refractivity contribution in [3.63, 3.8) is 0 Å². The lowest BCUT2D eigenvalue weighted by Crippen LogP contribution is -2.41. The first-order valence-electron chi connectivity index (χ1n) is 6.01. The van der Waals surface area contributed by atoms with Gasteiger partial charge < -0.3 is 11.1 Å². The van der Waals surface area contributed by atoms with Gasteiger partial charge in [-0.05, 0) is 39.5 Å². The van der Waals surface area contributed by atoms with E-state index in [1.165, 1.54) is 0 Å². The molecule has 1 amide bonds. The second-order valence-corrected chi connectivity index (χ2v) is 5.10. The maximum absolute atomic E-state index is 11.2. The highest BCUT2D eigenvalue weighted by atomic mass is 79.9. The van der Waals surface area contributed by atoms with E-state index in [0.717, 1.165) is 19.3 Å². The van der Waals surface area contributed by atoms with Crippen molar-refractivity contribution >= 4 is 22.9 Å². The number of amides is 1. The van der Waals surface area contributed by atoms with Crippen LogP contribution in [0.15, 0.2) is 12.2 Å². The Bertz CT molecular complexity index is 246. The number of halogens is 1. The molecule has 0 aliphatic rings. The third-order valence-corrected chi connectivity index (χ3v) is 2.95. The highest BCUT2D eigenvalue weighted by Crippen LogP contribution is 2.22. The van der Waals surface area contributed by atoms with Crippen LogP contribution in [0.2, 0.25) is 0 Å². The molecule has 0 aliphatic heterocycles. The topological polar surface area (TPSA) is 55.1 Å². The minimum Gasteiger partial charge on any atom is -0.352 e. The summed E-state index contributed by atoms with van der Waals surface area (Å²) in [5.41, 5.74) is 6.51. The quantitative estimate of drug-likeness (QED) is 0.561. The second kappa shape index (κ2) is 8.70. The van der Waals surface area contributed by atoms with Gasteiger partial charge in [0.1, 0.15) is 0 Å². The Hall–Kier alpha value is -0.350. The highest BCUT2D eigenvalue weighted by molar-refractivity contribution is 8.93. The monoisotopic (exact) mass is 306 g/mol. The SMILES string of the molecule is Br.C=C(C)C(=O)NCCCC(CC)C(C)(C)N. The molecule has 0 bridgehead atoms. The fourth-order valence-corrected chi connectivity index (χ4v) is 1.80. The van der Waals surface area contributed by atoms with Gasteiger partial charge in [0.05, 0.1) is 0 Å². The molecule has 0 heterocycles. The van der Waals surface area contributed by atoms with E-state index in [4.69, 9.17) is 5.73 Å². The molecule has 102 valence electrons. The first kappa shape index (κ1) is 19.0.